The highest BCUT2D eigenvalue weighted by atomic mass is 79.9. The zero-order chi connectivity index (χ0) is 16.2. The minimum Gasteiger partial charge on any atom is -0.472 e. The Balaban J connectivity index is 1.64. The van der Waals surface area contributed by atoms with E-state index >= 15 is 0 Å². The first-order valence-electron chi connectivity index (χ1n) is 7.51. The molecular weight excluding hydrogens is 360 g/mol. The molecule has 1 unspecified atom stereocenters. The molecule has 23 heavy (non-hydrogen) atoms. The second-order valence-electron chi connectivity index (χ2n) is 5.60. The summed E-state index contributed by atoms with van der Waals surface area (Å²) < 4.78 is 5.87. The Bertz CT molecular complexity index is 700. The number of nitrogens with zero attached hydrogens (tertiary/aromatic N) is 1. The van der Waals surface area contributed by atoms with Crippen LogP contribution in [0.3, 0.4) is 0 Å². The van der Waals surface area contributed by atoms with Crippen LogP contribution in [0, 0.1) is 5.92 Å². The van der Waals surface area contributed by atoms with Crippen molar-refractivity contribution < 1.29 is 14.0 Å². The molecule has 2 amide bonds. The van der Waals surface area contributed by atoms with E-state index in [-0.39, 0.29) is 17.7 Å². The molecule has 1 atom stereocenters. The van der Waals surface area contributed by atoms with Crippen molar-refractivity contribution in [3.8, 4) is 0 Å². The number of anilines is 1. The Hall–Kier alpha value is -2.08. The van der Waals surface area contributed by atoms with E-state index < -0.39 is 0 Å². The van der Waals surface area contributed by atoms with Crippen LogP contribution in [-0.2, 0) is 4.79 Å². The van der Waals surface area contributed by atoms with E-state index in [0.29, 0.717) is 18.7 Å². The van der Waals surface area contributed by atoms with Gasteiger partial charge < -0.3 is 14.6 Å². The third-order valence-electron chi connectivity index (χ3n) is 3.94. The number of benzene rings is 1. The van der Waals surface area contributed by atoms with Gasteiger partial charge in [0.15, 0.2) is 0 Å². The van der Waals surface area contributed by atoms with Crippen LogP contribution >= 0.6 is 15.9 Å². The van der Waals surface area contributed by atoms with Gasteiger partial charge in [0.05, 0.1) is 17.7 Å². The van der Waals surface area contributed by atoms with Crippen LogP contribution in [0.2, 0.25) is 0 Å². The van der Waals surface area contributed by atoms with Crippen LogP contribution in [0.4, 0.5) is 5.69 Å². The number of piperidine rings is 1. The molecule has 1 aromatic carbocycles. The molecule has 0 saturated carbocycles. The maximum Gasteiger partial charge on any atom is 0.257 e. The molecule has 6 heteroatoms. The van der Waals surface area contributed by atoms with Crippen LogP contribution in [0.25, 0.3) is 0 Å². The fraction of sp³-hybridized carbons (Fsp3) is 0.294. The highest BCUT2D eigenvalue weighted by Crippen LogP contribution is 2.22. The first kappa shape index (κ1) is 15.8. The number of amides is 2. The smallest absolute Gasteiger partial charge is 0.257 e. The van der Waals surface area contributed by atoms with Crippen LogP contribution in [0.1, 0.15) is 23.2 Å². The molecule has 1 N–H and O–H groups in total. The topological polar surface area (TPSA) is 62.6 Å². The third kappa shape index (κ3) is 3.82. The SMILES string of the molecule is O=C(Nc1cccc(Br)c1)C1CCCN(C(=O)c2ccoc2)C1. The van der Waals surface area contributed by atoms with E-state index in [0.717, 1.165) is 23.0 Å². The molecule has 3 rings (SSSR count). The summed E-state index contributed by atoms with van der Waals surface area (Å²) in [6, 6.07) is 9.12. The van der Waals surface area contributed by atoms with E-state index in [2.05, 4.69) is 21.2 Å². The van der Waals surface area contributed by atoms with Gasteiger partial charge in [-0.3, -0.25) is 9.59 Å². The molecule has 2 heterocycles. The number of nitrogens with one attached hydrogen (secondary N) is 1. The van der Waals surface area contributed by atoms with Gasteiger partial charge in [-0.2, -0.15) is 0 Å². The van der Waals surface area contributed by atoms with Gasteiger partial charge in [-0.05, 0) is 37.1 Å². The van der Waals surface area contributed by atoms with Crippen LogP contribution < -0.4 is 5.32 Å². The molecule has 5 nitrogen and oxygen atoms in total. The molecule has 1 aromatic heterocycles. The molecule has 1 fully saturated rings. The minimum atomic E-state index is -0.196. The lowest BCUT2D eigenvalue weighted by molar-refractivity contribution is -0.121. The zero-order valence-electron chi connectivity index (χ0n) is 12.5. The normalized spacial score (nSPS) is 17.8. The summed E-state index contributed by atoms with van der Waals surface area (Å²) in [7, 11) is 0. The van der Waals surface area contributed by atoms with Gasteiger partial charge in [-0.25, -0.2) is 0 Å². The Morgan fingerprint density at radius 3 is 2.91 bits per heavy atom. The second-order valence-corrected chi connectivity index (χ2v) is 6.52. The first-order valence-corrected chi connectivity index (χ1v) is 8.30. The van der Waals surface area contributed by atoms with Crippen LogP contribution in [0.5, 0.6) is 0 Å². The average molecular weight is 377 g/mol. The lowest BCUT2D eigenvalue weighted by Crippen LogP contribution is -2.43. The fourth-order valence-electron chi connectivity index (χ4n) is 2.75. The van der Waals surface area contributed by atoms with E-state index in [1.54, 1.807) is 11.0 Å². The lowest BCUT2D eigenvalue weighted by Gasteiger charge is -2.31. The van der Waals surface area contributed by atoms with Gasteiger partial charge in [0.1, 0.15) is 6.26 Å². The molecule has 120 valence electrons. The van der Waals surface area contributed by atoms with Gasteiger partial charge in [-0.15, -0.1) is 0 Å². The summed E-state index contributed by atoms with van der Waals surface area (Å²) >= 11 is 3.39. The van der Waals surface area contributed by atoms with Crippen molar-refractivity contribution in [2.45, 2.75) is 12.8 Å². The number of hydrogen-bond acceptors (Lipinski definition) is 3. The number of rotatable bonds is 3. The molecule has 0 spiro atoms. The minimum absolute atomic E-state index is 0.0483. The van der Waals surface area contributed by atoms with E-state index in [1.165, 1.54) is 12.5 Å². The summed E-state index contributed by atoms with van der Waals surface area (Å²) in [6.45, 7) is 1.11. The quantitative estimate of drug-likeness (QED) is 0.890. The molecule has 0 bridgehead atoms. The van der Waals surface area contributed by atoms with Gasteiger partial charge in [0, 0.05) is 23.2 Å². The fourth-order valence-corrected chi connectivity index (χ4v) is 3.15. The molecule has 1 saturated heterocycles. The van der Waals surface area contributed by atoms with Gasteiger partial charge in [-0.1, -0.05) is 22.0 Å². The second kappa shape index (κ2) is 7.00. The predicted octanol–water partition coefficient (Wildman–Crippen LogP) is 3.53. The number of carbonyl (C=O) groups is 2. The standard InChI is InChI=1S/C17H17BrN2O3/c18-14-4-1-5-15(9-14)19-16(21)12-3-2-7-20(10-12)17(22)13-6-8-23-11-13/h1,4-6,8-9,11-12H,2-3,7,10H2,(H,19,21). The van der Waals surface area contributed by atoms with Crippen molar-refractivity contribution in [3.05, 3.63) is 52.9 Å². The molecule has 1 aliphatic rings. The van der Waals surface area contributed by atoms with Crippen molar-refractivity contribution >= 4 is 33.4 Å². The lowest BCUT2D eigenvalue weighted by atomic mass is 9.96. The van der Waals surface area contributed by atoms with Crippen molar-refractivity contribution in [3.63, 3.8) is 0 Å². The van der Waals surface area contributed by atoms with Gasteiger partial charge in [0.25, 0.3) is 5.91 Å². The number of halogens is 1. The Morgan fingerprint density at radius 1 is 1.30 bits per heavy atom. The summed E-state index contributed by atoms with van der Waals surface area (Å²) in [5.41, 5.74) is 1.28. The van der Waals surface area contributed by atoms with E-state index in [9.17, 15) is 9.59 Å². The third-order valence-corrected chi connectivity index (χ3v) is 4.43. The van der Waals surface area contributed by atoms with E-state index in [4.69, 9.17) is 4.42 Å². The van der Waals surface area contributed by atoms with Crippen LogP contribution in [-0.4, -0.2) is 29.8 Å². The predicted molar refractivity (Wildman–Crippen MR) is 90.1 cm³/mol. The highest BCUT2D eigenvalue weighted by molar-refractivity contribution is 9.10. The average Bonchev–Trinajstić information content (AvgIpc) is 3.09. The summed E-state index contributed by atoms with van der Waals surface area (Å²) in [5, 5.41) is 2.92. The molecule has 1 aliphatic heterocycles. The molecule has 0 radical (unpaired) electrons. The van der Waals surface area contributed by atoms with Crippen LogP contribution in [0.15, 0.2) is 51.7 Å². The highest BCUT2D eigenvalue weighted by Gasteiger charge is 2.29. The van der Waals surface area contributed by atoms with Crippen molar-refractivity contribution in [2.75, 3.05) is 18.4 Å². The molecule has 2 aromatic rings. The maximum atomic E-state index is 12.5. The Kier molecular flexibility index (Phi) is 4.81. The number of hydrogen-bond donors (Lipinski definition) is 1. The first-order chi connectivity index (χ1) is 11.1. The van der Waals surface area contributed by atoms with Crippen molar-refractivity contribution in [1.29, 1.82) is 0 Å². The number of likely N-dealkylation sites (tertiary alicyclic amines) is 1. The largest absolute Gasteiger partial charge is 0.472 e. The Labute approximate surface area is 142 Å². The number of furan rings is 1. The zero-order valence-corrected chi connectivity index (χ0v) is 14.1. The summed E-state index contributed by atoms with van der Waals surface area (Å²) in [4.78, 5) is 26.5. The van der Waals surface area contributed by atoms with Crippen molar-refractivity contribution in [2.24, 2.45) is 5.92 Å². The molecular formula is C17H17BrN2O3. The molecule has 0 aliphatic carbocycles. The van der Waals surface area contributed by atoms with Crippen molar-refractivity contribution in [1.82, 2.24) is 4.90 Å². The summed E-state index contributed by atoms with van der Waals surface area (Å²) in [5.74, 6) is -0.329. The Morgan fingerprint density at radius 2 is 2.17 bits per heavy atom. The van der Waals surface area contributed by atoms with Gasteiger partial charge in [0.2, 0.25) is 5.91 Å². The summed E-state index contributed by atoms with van der Waals surface area (Å²) in [6.07, 6.45) is 4.53. The number of carbonyl (C=O) groups excluding carboxylic acids is 2. The monoisotopic (exact) mass is 376 g/mol. The maximum absolute atomic E-state index is 12.5. The van der Waals surface area contributed by atoms with Gasteiger partial charge >= 0.3 is 0 Å². The van der Waals surface area contributed by atoms with E-state index in [1.807, 2.05) is 24.3 Å².